The zero-order chi connectivity index (χ0) is 22.7. The lowest BCUT2D eigenvalue weighted by Gasteiger charge is -2.47. The predicted octanol–water partition coefficient (Wildman–Crippen LogP) is -1.15. The van der Waals surface area contributed by atoms with E-state index in [-0.39, 0.29) is 0 Å². The second-order valence-electron chi connectivity index (χ2n) is 10.7. The highest BCUT2D eigenvalue weighted by atomic mass is 35.5. The van der Waals surface area contributed by atoms with Gasteiger partial charge in [0.1, 0.15) is 12.2 Å². The van der Waals surface area contributed by atoms with Gasteiger partial charge in [-0.3, -0.25) is 4.79 Å². The van der Waals surface area contributed by atoms with E-state index in [1.54, 1.807) is 0 Å². The number of halogens is 1. The normalized spacial score (nSPS) is 61.0. The van der Waals surface area contributed by atoms with Gasteiger partial charge in [-0.15, -0.1) is 11.6 Å². The second-order valence-corrected chi connectivity index (χ2v) is 11.2. The van der Waals surface area contributed by atoms with Gasteiger partial charge in [-0.25, -0.2) is 9.59 Å². The van der Waals surface area contributed by atoms with E-state index in [1.807, 2.05) is 20.8 Å². The zero-order valence-electron chi connectivity index (χ0n) is 17.2. The number of fused-ring (bicyclic) bond motifs is 1. The summed E-state index contributed by atoms with van der Waals surface area (Å²) in [5.74, 6) is -4.82. The Labute approximate surface area is 181 Å². The van der Waals surface area contributed by atoms with Crippen molar-refractivity contribution in [3.63, 3.8) is 0 Å². The number of aliphatic hydroxyl groups excluding tert-OH is 2. The monoisotopic (exact) mass is 458 g/mol. The highest BCUT2D eigenvalue weighted by Gasteiger charge is 3.05. The SMILES string of the molecule is C[C@@H]1C(=O)OC2C(O)C34C5OC(=O)C3(OC3OC(=O)[C@@H](O)C34C(C(C)(C)C)[C@@H]5Cl)[C@]21O. The maximum atomic E-state index is 13.4. The van der Waals surface area contributed by atoms with E-state index in [4.69, 9.17) is 30.5 Å². The van der Waals surface area contributed by atoms with Gasteiger partial charge in [0.25, 0.3) is 0 Å². The van der Waals surface area contributed by atoms with Gasteiger partial charge in [-0.1, -0.05) is 20.8 Å². The third kappa shape index (κ3) is 1.48. The molecule has 0 amide bonds. The molecule has 11 heteroatoms. The molecule has 4 saturated heterocycles. The summed E-state index contributed by atoms with van der Waals surface area (Å²) in [6, 6.07) is 0. The van der Waals surface area contributed by atoms with Crippen molar-refractivity contribution in [3.05, 3.63) is 0 Å². The van der Waals surface area contributed by atoms with Crippen LogP contribution in [0.4, 0.5) is 0 Å². The van der Waals surface area contributed by atoms with Gasteiger partial charge in [0.2, 0.25) is 11.9 Å². The lowest BCUT2D eigenvalue weighted by molar-refractivity contribution is -0.239. The molecule has 4 aliphatic heterocycles. The minimum absolute atomic E-state index is 0.674. The quantitative estimate of drug-likeness (QED) is 0.231. The molecule has 2 spiro atoms. The molecule has 0 aromatic rings. The number of aliphatic hydroxyl groups is 3. The molecule has 2 saturated carbocycles. The van der Waals surface area contributed by atoms with Crippen LogP contribution in [0.3, 0.4) is 0 Å². The van der Waals surface area contributed by atoms with Gasteiger partial charge in [-0.05, 0) is 18.3 Å². The van der Waals surface area contributed by atoms with E-state index >= 15 is 0 Å². The van der Waals surface area contributed by atoms with Gasteiger partial charge in [0.05, 0.1) is 22.1 Å². The van der Waals surface area contributed by atoms with Crippen LogP contribution in [0.1, 0.15) is 27.7 Å². The van der Waals surface area contributed by atoms with Crippen LogP contribution in [0.2, 0.25) is 0 Å². The maximum absolute atomic E-state index is 13.4. The topological polar surface area (TPSA) is 149 Å². The zero-order valence-corrected chi connectivity index (χ0v) is 18.0. The third-order valence-electron chi connectivity index (χ3n) is 8.91. The number of alkyl halides is 1. The minimum Gasteiger partial charge on any atom is -0.458 e. The molecule has 10 nitrogen and oxygen atoms in total. The first kappa shape index (κ1) is 20.2. The number of hydrogen-bond donors (Lipinski definition) is 3. The Morgan fingerprint density at radius 2 is 1.65 bits per heavy atom. The van der Waals surface area contributed by atoms with Gasteiger partial charge >= 0.3 is 17.9 Å². The summed E-state index contributed by atoms with van der Waals surface area (Å²) >= 11 is 6.88. The standard InChI is InChI=1S/C20H23ClO10/c1-5-12(24)28-11-8(22)18-10-6(21)7(16(2,3)4)17(18)9(23)13(25)30-15(17)31-20(18,14(26)29-10)19(5,11)27/h5-11,15,22-23,27H,1-4H3/t5-,6+,7?,8?,9-,10?,11?,15?,17?,18?,19-,20?/m1/s1. The molecule has 170 valence electrons. The van der Waals surface area contributed by atoms with E-state index < -0.39 is 93.3 Å². The number of carbonyl (C=O) groups is 3. The maximum Gasteiger partial charge on any atom is 0.343 e. The van der Waals surface area contributed by atoms with Crippen LogP contribution in [0.5, 0.6) is 0 Å². The second kappa shape index (κ2) is 5.04. The molecular weight excluding hydrogens is 436 g/mol. The summed E-state index contributed by atoms with van der Waals surface area (Å²) in [6.07, 6.45) is -7.77. The molecule has 0 aromatic heterocycles. The van der Waals surface area contributed by atoms with Crippen LogP contribution < -0.4 is 0 Å². The molecule has 0 aromatic carbocycles. The lowest BCUT2D eigenvalue weighted by Crippen LogP contribution is -2.67. The molecule has 0 bridgehead atoms. The molecule has 3 N–H and O–H groups in total. The van der Waals surface area contributed by atoms with Crippen LogP contribution in [-0.4, -0.2) is 80.5 Å². The van der Waals surface area contributed by atoms with Crippen molar-refractivity contribution in [2.24, 2.45) is 28.1 Å². The Kier molecular flexibility index (Phi) is 3.28. The van der Waals surface area contributed by atoms with E-state index in [1.165, 1.54) is 6.92 Å². The van der Waals surface area contributed by atoms with Crippen LogP contribution in [0.15, 0.2) is 0 Å². The van der Waals surface area contributed by atoms with Crippen molar-refractivity contribution in [2.75, 3.05) is 0 Å². The highest BCUT2D eigenvalue weighted by Crippen LogP contribution is 2.85. The Morgan fingerprint density at radius 1 is 1.00 bits per heavy atom. The van der Waals surface area contributed by atoms with Crippen molar-refractivity contribution in [2.45, 2.75) is 75.0 Å². The first-order valence-corrected chi connectivity index (χ1v) is 10.7. The van der Waals surface area contributed by atoms with E-state index in [0.29, 0.717) is 0 Å². The summed E-state index contributed by atoms with van der Waals surface area (Å²) in [6.45, 7) is 6.89. The fourth-order valence-corrected chi connectivity index (χ4v) is 9.03. The molecule has 4 heterocycles. The fraction of sp³-hybridized carbons (Fsp3) is 0.850. The first-order valence-electron chi connectivity index (χ1n) is 10.3. The molecular formula is C20H23ClO10. The first-order chi connectivity index (χ1) is 14.3. The highest BCUT2D eigenvalue weighted by molar-refractivity contribution is 6.22. The molecule has 0 radical (unpaired) electrons. The van der Waals surface area contributed by atoms with Crippen molar-refractivity contribution in [1.29, 1.82) is 0 Å². The summed E-state index contributed by atoms with van der Waals surface area (Å²) in [5, 5.41) is 33.9. The number of ether oxygens (including phenoxy) is 4. The molecule has 12 atom stereocenters. The molecule has 6 rings (SSSR count). The number of rotatable bonds is 0. The van der Waals surface area contributed by atoms with Crippen molar-refractivity contribution >= 4 is 29.5 Å². The lowest BCUT2D eigenvalue weighted by atomic mass is 9.51. The van der Waals surface area contributed by atoms with Crippen molar-refractivity contribution in [3.8, 4) is 0 Å². The van der Waals surface area contributed by atoms with Gasteiger partial charge in [0.15, 0.2) is 17.8 Å². The molecule has 6 fully saturated rings. The van der Waals surface area contributed by atoms with Gasteiger partial charge in [0, 0.05) is 0 Å². The summed E-state index contributed by atoms with van der Waals surface area (Å²) in [5.41, 5.74) is -8.92. The van der Waals surface area contributed by atoms with Gasteiger partial charge < -0.3 is 34.3 Å². The number of hydrogen-bond acceptors (Lipinski definition) is 10. The Bertz CT molecular complexity index is 962. The van der Waals surface area contributed by atoms with Crippen LogP contribution in [-0.2, 0) is 33.3 Å². The summed E-state index contributed by atoms with van der Waals surface area (Å²) in [4.78, 5) is 38.4. The minimum atomic E-state index is -2.32. The average molecular weight is 459 g/mol. The Balaban J connectivity index is 1.75. The number of carbonyl (C=O) groups excluding carboxylic acids is 3. The van der Waals surface area contributed by atoms with Crippen LogP contribution in [0.25, 0.3) is 0 Å². The van der Waals surface area contributed by atoms with Crippen molar-refractivity contribution in [1.82, 2.24) is 0 Å². The molecule has 6 aliphatic rings. The summed E-state index contributed by atoms with van der Waals surface area (Å²) in [7, 11) is 0. The van der Waals surface area contributed by atoms with Crippen LogP contribution in [0, 0.1) is 28.1 Å². The molecule has 31 heavy (non-hydrogen) atoms. The fourth-order valence-electron chi connectivity index (χ4n) is 8.19. The Morgan fingerprint density at radius 3 is 2.26 bits per heavy atom. The predicted molar refractivity (Wildman–Crippen MR) is 97.0 cm³/mol. The van der Waals surface area contributed by atoms with E-state index in [9.17, 15) is 29.7 Å². The third-order valence-corrected chi connectivity index (χ3v) is 9.39. The van der Waals surface area contributed by atoms with Gasteiger partial charge in [-0.2, -0.15) is 0 Å². The molecule has 2 aliphatic carbocycles. The molecule has 8 unspecified atom stereocenters. The smallest absolute Gasteiger partial charge is 0.343 e. The summed E-state index contributed by atoms with van der Waals surface area (Å²) < 4.78 is 22.5. The van der Waals surface area contributed by atoms with E-state index in [0.717, 1.165) is 0 Å². The van der Waals surface area contributed by atoms with Crippen LogP contribution >= 0.6 is 11.6 Å². The Hall–Kier alpha value is -1.46. The largest absolute Gasteiger partial charge is 0.458 e. The number of esters is 3. The average Bonchev–Trinajstić information content (AvgIpc) is 3.35. The van der Waals surface area contributed by atoms with Crippen molar-refractivity contribution < 1.29 is 48.7 Å². The van der Waals surface area contributed by atoms with E-state index in [2.05, 4.69) is 0 Å².